The largest absolute Gasteiger partial charge is 0.330 e. The highest BCUT2D eigenvalue weighted by Gasteiger charge is 2.06. The first-order valence-electron chi connectivity index (χ1n) is 3.84. The Hall–Kier alpha value is -0.180. The molecule has 0 saturated heterocycles. The minimum atomic E-state index is 0.339. The molecule has 0 aliphatic heterocycles. The summed E-state index contributed by atoms with van der Waals surface area (Å²) in [6.07, 6.45) is 0. The van der Waals surface area contributed by atoms with Crippen LogP contribution in [0.1, 0.15) is 11.5 Å². The molecule has 66 valence electrons. The minimum absolute atomic E-state index is 0.339. The van der Waals surface area contributed by atoms with E-state index in [4.69, 9.17) is 17.3 Å². The Labute approximate surface area is 83.3 Å². The van der Waals surface area contributed by atoms with Crippen molar-refractivity contribution in [1.82, 2.24) is 0 Å². The zero-order chi connectivity index (χ0) is 8.97. The van der Waals surface area contributed by atoms with Crippen molar-refractivity contribution in [3.63, 3.8) is 0 Å². The molecular formula is C9H12ClNS. The molecule has 1 aromatic rings. The Morgan fingerprint density at radius 3 is 2.33 bits per heavy atom. The molecule has 0 aliphatic carbocycles. The molecule has 1 rings (SSSR count). The van der Waals surface area contributed by atoms with E-state index in [0.717, 1.165) is 10.8 Å². The highest BCUT2D eigenvalue weighted by atomic mass is 35.5. The summed E-state index contributed by atoms with van der Waals surface area (Å²) in [5.41, 5.74) is 6.78. The van der Waals surface area contributed by atoms with Crippen molar-refractivity contribution in [2.45, 2.75) is 5.92 Å². The summed E-state index contributed by atoms with van der Waals surface area (Å²) < 4.78 is 0. The molecule has 12 heavy (non-hydrogen) atoms. The van der Waals surface area contributed by atoms with Crippen molar-refractivity contribution < 1.29 is 0 Å². The van der Waals surface area contributed by atoms with Crippen LogP contribution < -0.4 is 5.73 Å². The van der Waals surface area contributed by atoms with Crippen LogP contribution in [0.25, 0.3) is 0 Å². The Morgan fingerprint density at radius 2 is 1.92 bits per heavy atom. The van der Waals surface area contributed by atoms with Gasteiger partial charge in [0, 0.05) is 10.9 Å². The molecule has 0 fully saturated rings. The highest BCUT2D eigenvalue weighted by Crippen LogP contribution is 2.18. The second-order valence-electron chi connectivity index (χ2n) is 2.67. The van der Waals surface area contributed by atoms with Gasteiger partial charge < -0.3 is 5.73 Å². The van der Waals surface area contributed by atoms with Crippen molar-refractivity contribution in [1.29, 1.82) is 0 Å². The van der Waals surface area contributed by atoms with Crippen LogP contribution in [0.3, 0.4) is 0 Å². The van der Waals surface area contributed by atoms with E-state index in [0.29, 0.717) is 12.5 Å². The Bertz CT molecular complexity index is 231. The SMILES string of the molecule is NCC(CS)c1ccc(Cl)cc1. The van der Waals surface area contributed by atoms with Crippen LogP contribution in [0.15, 0.2) is 24.3 Å². The Balaban J connectivity index is 2.80. The second-order valence-corrected chi connectivity index (χ2v) is 3.47. The molecular weight excluding hydrogens is 190 g/mol. The lowest BCUT2D eigenvalue weighted by atomic mass is 10.0. The standard InChI is InChI=1S/C9H12ClNS/c10-9-3-1-7(2-4-9)8(5-11)6-12/h1-4,8,12H,5-6,11H2. The fourth-order valence-corrected chi connectivity index (χ4v) is 1.54. The maximum Gasteiger partial charge on any atom is 0.0406 e. The summed E-state index contributed by atoms with van der Waals surface area (Å²) in [5, 5.41) is 0.758. The lowest BCUT2D eigenvalue weighted by molar-refractivity contribution is 0.787. The van der Waals surface area contributed by atoms with Gasteiger partial charge in [-0.15, -0.1) is 0 Å². The van der Waals surface area contributed by atoms with Gasteiger partial charge in [0.1, 0.15) is 0 Å². The Morgan fingerprint density at radius 1 is 1.33 bits per heavy atom. The van der Waals surface area contributed by atoms with E-state index in [1.807, 2.05) is 24.3 Å². The van der Waals surface area contributed by atoms with Crippen molar-refractivity contribution in [2.24, 2.45) is 5.73 Å². The van der Waals surface area contributed by atoms with Crippen molar-refractivity contribution >= 4 is 24.2 Å². The number of thiol groups is 1. The third-order valence-electron chi connectivity index (χ3n) is 1.85. The number of nitrogens with two attached hydrogens (primary N) is 1. The molecule has 0 amide bonds. The zero-order valence-corrected chi connectivity index (χ0v) is 8.35. The molecule has 0 aliphatic rings. The molecule has 0 bridgehead atoms. The molecule has 2 N–H and O–H groups in total. The lowest BCUT2D eigenvalue weighted by Crippen LogP contribution is -2.13. The van der Waals surface area contributed by atoms with Gasteiger partial charge >= 0.3 is 0 Å². The number of benzene rings is 1. The molecule has 1 atom stereocenters. The average molecular weight is 202 g/mol. The van der Waals surface area contributed by atoms with Crippen LogP contribution >= 0.6 is 24.2 Å². The first kappa shape index (κ1) is 9.90. The minimum Gasteiger partial charge on any atom is -0.330 e. The van der Waals surface area contributed by atoms with Gasteiger partial charge in [-0.25, -0.2) is 0 Å². The predicted octanol–water partition coefficient (Wildman–Crippen LogP) is 2.31. The van der Waals surface area contributed by atoms with Crippen LogP contribution in [0, 0.1) is 0 Å². The van der Waals surface area contributed by atoms with E-state index in [2.05, 4.69) is 12.6 Å². The van der Waals surface area contributed by atoms with Gasteiger partial charge in [0.05, 0.1) is 0 Å². The van der Waals surface area contributed by atoms with Crippen LogP contribution in [-0.4, -0.2) is 12.3 Å². The van der Waals surface area contributed by atoms with Crippen LogP contribution in [-0.2, 0) is 0 Å². The van der Waals surface area contributed by atoms with Gasteiger partial charge in [0.15, 0.2) is 0 Å². The highest BCUT2D eigenvalue weighted by molar-refractivity contribution is 7.80. The van der Waals surface area contributed by atoms with Gasteiger partial charge in [0.2, 0.25) is 0 Å². The normalized spacial score (nSPS) is 12.9. The number of hydrogen-bond acceptors (Lipinski definition) is 2. The smallest absolute Gasteiger partial charge is 0.0406 e. The van der Waals surface area contributed by atoms with Gasteiger partial charge in [-0.3, -0.25) is 0 Å². The van der Waals surface area contributed by atoms with E-state index < -0.39 is 0 Å². The summed E-state index contributed by atoms with van der Waals surface area (Å²) in [6, 6.07) is 7.75. The summed E-state index contributed by atoms with van der Waals surface area (Å²) in [5.74, 6) is 1.11. The van der Waals surface area contributed by atoms with Gasteiger partial charge in [-0.1, -0.05) is 23.7 Å². The summed E-state index contributed by atoms with van der Waals surface area (Å²) in [6.45, 7) is 0.630. The molecule has 3 heteroatoms. The maximum absolute atomic E-state index is 5.75. The summed E-state index contributed by atoms with van der Waals surface area (Å²) in [7, 11) is 0. The van der Waals surface area contributed by atoms with Crippen LogP contribution in [0.2, 0.25) is 5.02 Å². The maximum atomic E-state index is 5.75. The van der Waals surface area contributed by atoms with Gasteiger partial charge in [-0.05, 0) is 30.0 Å². The van der Waals surface area contributed by atoms with Crippen molar-refractivity contribution in [2.75, 3.05) is 12.3 Å². The van der Waals surface area contributed by atoms with Gasteiger partial charge in [0.25, 0.3) is 0 Å². The topological polar surface area (TPSA) is 26.0 Å². The lowest BCUT2D eigenvalue weighted by Gasteiger charge is -2.11. The number of halogens is 1. The van der Waals surface area contributed by atoms with Gasteiger partial charge in [-0.2, -0.15) is 12.6 Å². The number of hydrogen-bond donors (Lipinski definition) is 2. The second kappa shape index (κ2) is 4.75. The third kappa shape index (κ3) is 2.41. The fourth-order valence-electron chi connectivity index (χ4n) is 1.05. The third-order valence-corrected chi connectivity index (χ3v) is 2.54. The van der Waals surface area contributed by atoms with E-state index in [9.17, 15) is 0 Å². The first-order valence-corrected chi connectivity index (χ1v) is 4.85. The van der Waals surface area contributed by atoms with Crippen LogP contribution in [0.5, 0.6) is 0 Å². The molecule has 0 spiro atoms. The van der Waals surface area contributed by atoms with E-state index in [1.165, 1.54) is 5.56 Å². The van der Waals surface area contributed by atoms with E-state index in [1.54, 1.807) is 0 Å². The molecule has 1 unspecified atom stereocenters. The average Bonchev–Trinajstić information content (AvgIpc) is 2.10. The van der Waals surface area contributed by atoms with E-state index in [-0.39, 0.29) is 0 Å². The molecule has 1 aromatic carbocycles. The Kier molecular flexibility index (Phi) is 3.92. The van der Waals surface area contributed by atoms with Crippen molar-refractivity contribution in [3.8, 4) is 0 Å². The van der Waals surface area contributed by atoms with Crippen molar-refractivity contribution in [3.05, 3.63) is 34.9 Å². The molecule has 0 heterocycles. The molecule has 0 aromatic heterocycles. The quantitative estimate of drug-likeness (QED) is 0.722. The molecule has 1 nitrogen and oxygen atoms in total. The fraction of sp³-hybridized carbons (Fsp3) is 0.333. The summed E-state index contributed by atoms with van der Waals surface area (Å²) in [4.78, 5) is 0. The monoisotopic (exact) mass is 201 g/mol. The zero-order valence-electron chi connectivity index (χ0n) is 6.70. The van der Waals surface area contributed by atoms with Crippen LogP contribution in [0.4, 0.5) is 0 Å². The number of rotatable bonds is 3. The molecule has 0 radical (unpaired) electrons. The van der Waals surface area contributed by atoms with E-state index >= 15 is 0 Å². The molecule has 0 saturated carbocycles. The summed E-state index contributed by atoms with van der Waals surface area (Å²) >= 11 is 9.97. The first-order chi connectivity index (χ1) is 5.77. The predicted molar refractivity (Wildman–Crippen MR) is 57.1 cm³/mol.